The van der Waals surface area contributed by atoms with E-state index >= 15 is 0 Å². The summed E-state index contributed by atoms with van der Waals surface area (Å²) in [5, 5.41) is 0. The third-order valence-corrected chi connectivity index (χ3v) is 6.98. The van der Waals surface area contributed by atoms with E-state index in [1.54, 1.807) is 0 Å². The Morgan fingerprint density at radius 2 is 1.50 bits per heavy atom. The topological polar surface area (TPSA) is 101 Å². The zero-order valence-electron chi connectivity index (χ0n) is 13.3. The molecule has 4 fully saturated rings. The van der Waals surface area contributed by atoms with Gasteiger partial charge in [-0.1, -0.05) is 0 Å². The van der Waals surface area contributed by atoms with E-state index in [0.717, 1.165) is 30.6 Å². The van der Waals surface area contributed by atoms with Crippen molar-refractivity contribution in [2.45, 2.75) is 38.5 Å². The van der Waals surface area contributed by atoms with Gasteiger partial charge in [0.05, 0.1) is 15.2 Å². The van der Waals surface area contributed by atoms with E-state index in [1.165, 1.54) is 31.4 Å². The molecule has 4 saturated carbocycles. The van der Waals surface area contributed by atoms with Gasteiger partial charge in [0, 0.05) is 0 Å². The number of hydrogen-bond acceptors (Lipinski definition) is 4. The molecule has 1 aromatic heterocycles. The van der Waals surface area contributed by atoms with E-state index in [1.807, 2.05) is 0 Å². The van der Waals surface area contributed by atoms with Crippen LogP contribution in [0.1, 0.15) is 57.9 Å². The Morgan fingerprint density at radius 1 is 0.958 bits per heavy atom. The van der Waals surface area contributed by atoms with Gasteiger partial charge in [-0.3, -0.25) is 25.2 Å². The van der Waals surface area contributed by atoms with Crippen LogP contribution < -0.4 is 16.6 Å². The van der Waals surface area contributed by atoms with Crippen LogP contribution in [0, 0.1) is 23.2 Å². The van der Waals surface area contributed by atoms with Crippen LogP contribution >= 0.6 is 11.3 Å². The van der Waals surface area contributed by atoms with Gasteiger partial charge in [-0.05, 0) is 68.4 Å². The third-order valence-electron chi connectivity index (χ3n) is 5.88. The smallest absolute Gasteiger partial charge is 0.279 e. The number of carbonyl (C=O) groups is 3. The summed E-state index contributed by atoms with van der Waals surface area (Å²) in [4.78, 5) is 36.7. The van der Waals surface area contributed by atoms with Crippen LogP contribution in [0.25, 0.3) is 0 Å². The molecule has 5 rings (SSSR count). The molecule has 4 N–H and O–H groups in total. The van der Waals surface area contributed by atoms with Crippen molar-refractivity contribution in [2.75, 3.05) is 0 Å². The van der Waals surface area contributed by atoms with Gasteiger partial charge in [-0.25, -0.2) is 0 Å². The van der Waals surface area contributed by atoms with Crippen molar-refractivity contribution >= 4 is 29.1 Å². The molecule has 24 heavy (non-hydrogen) atoms. The number of primary amides is 1. The summed E-state index contributed by atoms with van der Waals surface area (Å²) < 4.78 is 0. The lowest BCUT2D eigenvalue weighted by atomic mass is 9.49. The van der Waals surface area contributed by atoms with E-state index in [4.69, 9.17) is 5.73 Å². The lowest BCUT2D eigenvalue weighted by molar-refractivity contribution is -0.147. The van der Waals surface area contributed by atoms with Crippen LogP contribution in [0.5, 0.6) is 0 Å². The molecule has 1 aromatic rings. The largest absolute Gasteiger partial charge is 0.365 e. The fraction of sp³-hybridized carbons (Fsp3) is 0.588. The number of hydrazine groups is 1. The van der Waals surface area contributed by atoms with Crippen molar-refractivity contribution in [1.82, 2.24) is 10.9 Å². The van der Waals surface area contributed by atoms with Crippen LogP contribution in [0.15, 0.2) is 12.1 Å². The van der Waals surface area contributed by atoms with Gasteiger partial charge in [-0.2, -0.15) is 0 Å². The maximum Gasteiger partial charge on any atom is 0.279 e. The molecule has 3 amide bonds. The summed E-state index contributed by atoms with van der Waals surface area (Å²) in [6.07, 6.45) is 6.65. The van der Waals surface area contributed by atoms with Crippen molar-refractivity contribution in [3.63, 3.8) is 0 Å². The lowest BCUT2D eigenvalue weighted by Crippen LogP contribution is -2.56. The summed E-state index contributed by atoms with van der Waals surface area (Å²) in [5.74, 6) is 0.998. The monoisotopic (exact) mass is 347 g/mol. The highest BCUT2D eigenvalue weighted by Crippen LogP contribution is 2.60. The Morgan fingerprint density at radius 3 is 2.00 bits per heavy atom. The molecule has 1 heterocycles. The van der Waals surface area contributed by atoms with Crippen molar-refractivity contribution in [2.24, 2.45) is 28.9 Å². The van der Waals surface area contributed by atoms with Crippen LogP contribution in [0.4, 0.5) is 0 Å². The fourth-order valence-electron chi connectivity index (χ4n) is 5.29. The predicted molar refractivity (Wildman–Crippen MR) is 89.1 cm³/mol. The Labute approximate surface area is 144 Å². The molecule has 0 saturated heterocycles. The molecule has 128 valence electrons. The molecule has 0 atom stereocenters. The van der Waals surface area contributed by atoms with E-state index in [9.17, 15) is 14.4 Å². The summed E-state index contributed by atoms with van der Waals surface area (Å²) in [6, 6.07) is 3.06. The van der Waals surface area contributed by atoms with Gasteiger partial charge < -0.3 is 5.73 Å². The number of nitrogens with two attached hydrogens (primary N) is 1. The van der Waals surface area contributed by atoms with Crippen molar-refractivity contribution in [3.05, 3.63) is 21.9 Å². The van der Waals surface area contributed by atoms with Crippen LogP contribution in [-0.2, 0) is 4.79 Å². The molecule has 4 bridgehead atoms. The quantitative estimate of drug-likeness (QED) is 0.727. The SMILES string of the molecule is NC(=O)c1ccc(C(=O)NNC(=O)C23CC4CC(CC(C4)C2)C3)s1. The standard InChI is InChI=1S/C17H21N3O3S/c18-14(21)12-1-2-13(24-12)15(22)19-20-16(23)17-6-9-3-10(7-17)5-11(4-9)8-17/h1-2,9-11H,3-8H2,(H2,18,21)(H,19,22)(H,20,23). The lowest BCUT2D eigenvalue weighted by Gasteiger charge is -2.55. The zero-order valence-corrected chi connectivity index (χ0v) is 14.2. The van der Waals surface area contributed by atoms with Gasteiger partial charge in [-0.15, -0.1) is 11.3 Å². The molecule has 0 aliphatic heterocycles. The van der Waals surface area contributed by atoms with Gasteiger partial charge in [0.15, 0.2) is 0 Å². The molecule has 0 unspecified atom stereocenters. The number of rotatable bonds is 3. The minimum absolute atomic E-state index is 0.0540. The van der Waals surface area contributed by atoms with Gasteiger partial charge >= 0.3 is 0 Å². The van der Waals surface area contributed by atoms with E-state index < -0.39 is 11.8 Å². The van der Waals surface area contributed by atoms with Gasteiger partial charge in [0.1, 0.15) is 0 Å². The van der Waals surface area contributed by atoms with E-state index in [0.29, 0.717) is 27.5 Å². The highest BCUT2D eigenvalue weighted by molar-refractivity contribution is 7.15. The molecule has 4 aliphatic rings. The molecular formula is C17H21N3O3S. The van der Waals surface area contributed by atoms with Crippen molar-refractivity contribution < 1.29 is 14.4 Å². The summed E-state index contributed by atoms with van der Waals surface area (Å²) in [6.45, 7) is 0. The Balaban J connectivity index is 1.39. The first kappa shape index (κ1) is 15.6. The number of nitrogens with one attached hydrogen (secondary N) is 2. The number of hydrogen-bond donors (Lipinski definition) is 3. The van der Waals surface area contributed by atoms with Crippen LogP contribution in [-0.4, -0.2) is 17.7 Å². The molecule has 0 radical (unpaired) electrons. The highest BCUT2D eigenvalue weighted by Gasteiger charge is 2.54. The first-order valence-corrected chi connectivity index (χ1v) is 9.27. The first-order chi connectivity index (χ1) is 11.4. The molecule has 0 spiro atoms. The highest BCUT2D eigenvalue weighted by atomic mass is 32.1. The van der Waals surface area contributed by atoms with Crippen LogP contribution in [0.2, 0.25) is 0 Å². The fourth-order valence-corrected chi connectivity index (χ4v) is 6.04. The normalized spacial score (nSPS) is 33.2. The number of thiophene rings is 1. The minimum Gasteiger partial charge on any atom is -0.365 e. The Bertz CT molecular complexity index is 676. The number of amides is 3. The average Bonchev–Trinajstić information content (AvgIpc) is 3.01. The summed E-state index contributed by atoms with van der Waals surface area (Å²) >= 11 is 1.02. The second-order valence-electron chi connectivity index (χ2n) is 7.63. The summed E-state index contributed by atoms with van der Waals surface area (Å²) in [5.41, 5.74) is 10.0. The third kappa shape index (κ3) is 2.60. The second-order valence-corrected chi connectivity index (χ2v) is 8.72. The van der Waals surface area contributed by atoms with Gasteiger partial charge in [0.25, 0.3) is 11.8 Å². The molecular weight excluding hydrogens is 326 g/mol. The Hall–Kier alpha value is -1.89. The van der Waals surface area contributed by atoms with Gasteiger partial charge in [0.2, 0.25) is 5.91 Å². The van der Waals surface area contributed by atoms with Crippen molar-refractivity contribution in [3.8, 4) is 0 Å². The van der Waals surface area contributed by atoms with E-state index in [2.05, 4.69) is 10.9 Å². The second kappa shape index (κ2) is 5.58. The first-order valence-electron chi connectivity index (χ1n) is 8.45. The predicted octanol–water partition coefficient (Wildman–Crippen LogP) is 1.82. The average molecular weight is 347 g/mol. The zero-order chi connectivity index (χ0) is 16.9. The Kier molecular flexibility index (Phi) is 3.63. The summed E-state index contributed by atoms with van der Waals surface area (Å²) in [7, 11) is 0. The minimum atomic E-state index is -0.559. The molecule has 7 heteroatoms. The maximum atomic E-state index is 12.7. The maximum absolute atomic E-state index is 12.7. The van der Waals surface area contributed by atoms with E-state index in [-0.39, 0.29) is 11.3 Å². The molecule has 6 nitrogen and oxygen atoms in total. The molecule has 4 aliphatic carbocycles. The van der Waals surface area contributed by atoms with Crippen molar-refractivity contribution in [1.29, 1.82) is 0 Å². The number of carbonyl (C=O) groups excluding carboxylic acids is 3. The van der Waals surface area contributed by atoms with Crippen LogP contribution in [0.3, 0.4) is 0 Å². The molecule has 0 aromatic carbocycles.